The minimum absolute atomic E-state index is 0.0121. The number of aromatic nitrogens is 3. The van der Waals surface area contributed by atoms with Crippen LogP contribution in [0.5, 0.6) is 11.5 Å². The molecule has 0 spiro atoms. The van der Waals surface area contributed by atoms with Crippen LogP contribution in [-0.2, 0) is 9.53 Å². The van der Waals surface area contributed by atoms with E-state index in [-0.39, 0.29) is 24.9 Å². The molecular weight excluding hydrogens is 574 g/mol. The second-order valence-corrected chi connectivity index (χ2v) is 12.1. The van der Waals surface area contributed by atoms with Gasteiger partial charge < -0.3 is 14.6 Å². The molecule has 0 saturated carbocycles. The van der Waals surface area contributed by atoms with Crippen LogP contribution in [0, 0.1) is 13.8 Å². The summed E-state index contributed by atoms with van der Waals surface area (Å²) in [7, 11) is 0. The molecule has 0 radical (unpaired) electrons. The number of phenolic OH excluding ortho intramolecular Hbond substituents is 1. The van der Waals surface area contributed by atoms with Gasteiger partial charge in [0.1, 0.15) is 24.7 Å². The molecule has 244 valence electrons. The summed E-state index contributed by atoms with van der Waals surface area (Å²) in [6.45, 7) is 6.67. The highest BCUT2D eigenvalue weighted by molar-refractivity contribution is 5.71. The molecule has 0 saturated heterocycles. The van der Waals surface area contributed by atoms with Crippen LogP contribution in [0.15, 0.2) is 66.7 Å². The zero-order valence-electron chi connectivity index (χ0n) is 27.8. The van der Waals surface area contributed by atoms with Crippen molar-refractivity contribution in [1.29, 1.82) is 0 Å². The fourth-order valence-electron chi connectivity index (χ4n) is 5.27. The second-order valence-electron chi connectivity index (χ2n) is 12.1. The third kappa shape index (κ3) is 11.3. The molecule has 1 heterocycles. The van der Waals surface area contributed by atoms with Gasteiger partial charge in [-0.15, -0.1) is 0 Å². The normalized spacial score (nSPS) is 11.0. The van der Waals surface area contributed by atoms with Crippen molar-refractivity contribution in [3.8, 4) is 45.7 Å². The minimum Gasteiger partial charge on any atom is -0.507 e. The minimum atomic E-state index is -0.193. The number of rotatable bonds is 19. The zero-order valence-corrected chi connectivity index (χ0v) is 27.8. The summed E-state index contributed by atoms with van der Waals surface area (Å²) in [6, 6.07) is 21.0. The molecule has 0 amide bonds. The Balaban J connectivity index is 1.26. The zero-order chi connectivity index (χ0) is 32.6. The van der Waals surface area contributed by atoms with Gasteiger partial charge in [-0.3, -0.25) is 4.79 Å². The lowest BCUT2D eigenvalue weighted by molar-refractivity contribution is -0.144. The number of hydrogen-bond donors (Lipinski definition) is 1. The Morgan fingerprint density at radius 1 is 0.630 bits per heavy atom. The molecule has 4 aromatic rings. The number of esters is 1. The highest BCUT2D eigenvalue weighted by atomic mass is 16.6. The molecule has 0 fully saturated rings. The van der Waals surface area contributed by atoms with Gasteiger partial charge in [0, 0.05) is 23.6 Å². The van der Waals surface area contributed by atoms with Crippen LogP contribution in [0.25, 0.3) is 34.2 Å². The maximum absolute atomic E-state index is 12.1. The lowest BCUT2D eigenvalue weighted by atomic mass is 10.1. The molecule has 0 aliphatic carbocycles. The lowest BCUT2D eigenvalue weighted by Gasteiger charge is -2.11. The van der Waals surface area contributed by atoms with E-state index in [9.17, 15) is 9.90 Å². The molecule has 0 unspecified atom stereocenters. The van der Waals surface area contributed by atoms with E-state index in [1.54, 1.807) is 12.1 Å². The monoisotopic (exact) mass is 623 g/mol. The van der Waals surface area contributed by atoms with E-state index in [0.717, 1.165) is 35.1 Å². The van der Waals surface area contributed by atoms with Gasteiger partial charge in [0.2, 0.25) is 0 Å². The summed E-state index contributed by atoms with van der Waals surface area (Å²) >= 11 is 0. The van der Waals surface area contributed by atoms with Gasteiger partial charge in [0.05, 0.1) is 5.56 Å². The molecule has 3 aromatic carbocycles. The van der Waals surface area contributed by atoms with Crippen molar-refractivity contribution in [1.82, 2.24) is 15.0 Å². The molecular formula is C39H49N3O4. The van der Waals surface area contributed by atoms with Crippen LogP contribution in [0.4, 0.5) is 0 Å². The van der Waals surface area contributed by atoms with Crippen molar-refractivity contribution in [3.63, 3.8) is 0 Å². The fourth-order valence-corrected chi connectivity index (χ4v) is 5.27. The van der Waals surface area contributed by atoms with E-state index < -0.39 is 0 Å². The van der Waals surface area contributed by atoms with Crippen LogP contribution in [0.3, 0.4) is 0 Å². The first-order valence-corrected chi connectivity index (χ1v) is 16.9. The number of carbonyl (C=O) groups excluding carboxylic acids is 1. The Labute approximate surface area is 274 Å². The molecule has 0 aliphatic heterocycles. The number of unbranched alkanes of at least 4 members (excludes halogenated alkanes) is 10. The van der Waals surface area contributed by atoms with Crippen LogP contribution in [0.2, 0.25) is 0 Å². The second kappa shape index (κ2) is 18.6. The predicted molar refractivity (Wildman–Crippen MR) is 185 cm³/mol. The van der Waals surface area contributed by atoms with Crippen LogP contribution in [-0.4, -0.2) is 39.2 Å². The molecule has 0 bridgehead atoms. The van der Waals surface area contributed by atoms with Gasteiger partial charge in [-0.25, -0.2) is 15.0 Å². The quantitative estimate of drug-likeness (QED) is 0.0820. The smallest absolute Gasteiger partial charge is 0.305 e. The highest BCUT2D eigenvalue weighted by Crippen LogP contribution is 2.33. The summed E-state index contributed by atoms with van der Waals surface area (Å²) in [5, 5.41) is 11.0. The van der Waals surface area contributed by atoms with Crippen LogP contribution < -0.4 is 4.74 Å². The number of aromatic hydroxyl groups is 1. The van der Waals surface area contributed by atoms with E-state index in [0.29, 0.717) is 35.2 Å². The standard InChI is InChI=1S/C39H49N3O4/c1-4-5-6-7-8-9-10-11-12-13-14-15-36(44)46-27-26-45-33-24-25-34(35(43)28-33)39-41-37(31-20-16-29(2)17-21-31)40-38(42-39)32-22-18-30(3)19-23-32/h16-25,28,43H,4-15,26-27H2,1-3H3. The number of nitrogens with zero attached hydrogens (tertiary/aromatic N) is 3. The summed E-state index contributed by atoms with van der Waals surface area (Å²) in [4.78, 5) is 26.3. The fraction of sp³-hybridized carbons (Fsp3) is 0.436. The number of phenols is 1. The number of ether oxygens (including phenoxy) is 2. The van der Waals surface area contributed by atoms with Gasteiger partial charge in [-0.2, -0.15) is 0 Å². The predicted octanol–water partition coefficient (Wildman–Crippen LogP) is 9.82. The summed E-state index contributed by atoms with van der Waals surface area (Å²) in [5.41, 5.74) is 4.48. The number of benzene rings is 3. The largest absolute Gasteiger partial charge is 0.507 e. The van der Waals surface area contributed by atoms with Gasteiger partial charge in [0.25, 0.3) is 0 Å². The first kappa shape index (κ1) is 34.6. The number of hydrogen-bond acceptors (Lipinski definition) is 7. The molecule has 1 N–H and O–H groups in total. The molecule has 0 atom stereocenters. The molecule has 46 heavy (non-hydrogen) atoms. The third-order valence-electron chi connectivity index (χ3n) is 8.06. The van der Waals surface area contributed by atoms with Gasteiger partial charge in [-0.1, -0.05) is 131 Å². The maximum Gasteiger partial charge on any atom is 0.305 e. The average molecular weight is 624 g/mol. The SMILES string of the molecule is CCCCCCCCCCCCCC(=O)OCCOc1ccc(-c2nc(-c3ccc(C)cc3)nc(-c3ccc(C)cc3)n2)c(O)c1. The number of aryl methyl sites for hydroxylation is 2. The van der Waals surface area contributed by atoms with E-state index in [1.807, 2.05) is 62.4 Å². The summed E-state index contributed by atoms with van der Waals surface area (Å²) < 4.78 is 11.1. The maximum atomic E-state index is 12.1. The average Bonchev–Trinajstić information content (AvgIpc) is 3.06. The first-order valence-electron chi connectivity index (χ1n) is 16.9. The Morgan fingerprint density at radius 2 is 1.13 bits per heavy atom. The van der Waals surface area contributed by atoms with Crippen molar-refractivity contribution in [2.75, 3.05) is 13.2 Å². The number of carbonyl (C=O) groups is 1. The van der Waals surface area contributed by atoms with Crippen LogP contribution in [0.1, 0.15) is 95.1 Å². The van der Waals surface area contributed by atoms with E-state index in [2.05, 4.69) is 6.92 Å². The highest BCUT2D eigenvalue weighted by Gasteiger charge is 2.15. The van der Waals surface area contributed by atoms with Crippen LogP contribution >= 0.6 is 0 Å². The Morgan fingerprint density at radius 3 is 1.65 bits per heavy atom. The Bertz CT molecular complexity index is 1440. The van der Waals surface area contributed by atoms with E-state index >= 15 is 0 Å². The molecule has 7 nitrogen and oxygen atoms in total. The lowest BCUT2D eigenvalue weighted by Crippen LogP contribution is -2.12. The third-order valence-corrected chi connectivity index (χ3v) is 8.06. The van der Waals surface area contributed by atoms with Gasteiger partial charge >= 0.3 is 5.97 Å². The van der Waals surface area contributed by atoms with Gasteiger partial charge in [-0.05, 0) is 32.4 Å². The van der Waals surface area contributed by atoms with Crippen molar-refractivity contribution in [3.05, 3.63) is 77.9 Å². The van der Waals surface area contributed by atoms with Crippen molar-refractivity contribution < 1.29 is 19.4 Å². The molecule has 0 aliphatic rings. The van der Waals surface area contributed by atoms with E-state index in [1.165, 1.54) is 63.9 Å². The van der Waals surface area contributed by atoms with Crippen molar-refractivity contribution in [2.24, 2.45) is 0 Å². The topological polar surface area (TPSA) is 94.4 Å². The van der Waals surface area contributed by atoms with Gasteiger partial charge in [0.15, 0.2) is 17.5 Å². The summed E-state index contributed by atoms with van der Waals surface area (Å²) in [5.74, 6) is 1.67. The van der Waals surface area contributed by atoms with Crippen molar-refractivity contribution >= 4 is 5.97 Å². The Kier molecular flexibility index (Phi) is 14.0. The molecule has 7 heteroatoms. The summed E-state index contributed by atoms with van der Waals surface area (Å²) in [6.07, 6.45) is 14.1. The molecule has 4 rings (SSSR count). The molecule has 1 aromatic heterocycles. The van der Waals surface area contributed by atoms with E-state index in [4.69, 9.17) is 24.4 Å². The Hall–Kier alpha value is -4.26. The first-order chi connectivity index (χ1) is 22.4. The van der Waals surface area contributed by atoms with Crippen molar-refractivity contribution in [2.45, 2.75) is 97.8 Å².